The van der Waals surface area contributed by atoms with Crippen molar-refractivity contribution in [1.29, 1.82) is 0 Å². The number of aromatic nitrogens is 2. The van der Waals surface area contributed by atoms with E-state index in [1.54, 1.807) is 6.92 Å². The second kappa shape index (κ2) is 7.08. The standard InChI is InChI=1S/C21H25ClN4O2/c1-14(27)24-10-7-20-17(12-24)21(23-26(20)15-8-11-28-13-15)25-9-3-4-16-18(22)5-2-6-19(16)25/h2,5-6,15H,3-4,7-13H2,1H3. The number of hydrogen-bond acceptors (Lipinski definition) is 4. The molecule has 1 aromatic heterocycles. The zero-order valence-corrected chi connectivity index (χ0v) is 16.9. The second-order valence-electron chi connectivity index (χ2n) is 7.89. The van der Waals surface area contributed by atoms with Gasteiger partial charge in [0.1, 0.15) is 0 Å². The molecule has 28 heavy (non-hydrogen) atoms. The third kappa shape index (κ3) is 2.90. The molecular weight excluding hydrogens is 376 g/mol. The molecule has 3 aliphatic heterocycles. The van der Waals surface area contributed by atoms with Crippen molar-refractivity contribution in [3.63, 3.8) is 0 Å². The smallest absolute Gasteiger partial charge is 0.219 e. The summed E-state index contributed by atoms with van der Waals surface area (Å²) in [6.45, 7) is 5.44. The zero-order valence-electron chi connectivity index (χ0n) is 16.2. The lowest BCUT2D eigenvalue weighted by Crippen LogP contribution is -2.35. The van der Waals surface area contributed by atoms with E-state index in [0.717, 1.165) is 61.9 Å². The summed E-state index contributed by atoms with van der Waals surface area (Å²) in [5, 5.41) is 5.93. The van der Waals surface area contributed by atoms with Crippen LogP contribution in [0.3, 0.4) is 0 Å². The minimum atomic E-state index is 0.121. The lowest BCUT2D eigenvalue weighted by atomic mass is 10.00. The van der Waals surface area contributed by atoms with Gasteiger partial charge in [-0.25, -0.2) is 0 Å². The molecule has 5 rings (SSSR count). The number of nitrogens with zero attached hydrogens (tertiary/aromatic N) is 4. The summed E-state index contributed by atoms with van der Waals surface area (Å²) in [6, 6.07) is 6.40. The first-order chi connectivity index (χ1) is 13.6. The van der Waals surface area contributed by atoms with Crippen LogP contribution in [0.4, 0.5) is 11.5 Å². The monoisotopic (exact) mass is 400 g/mol. The molecule has 0 aliphatic carbocycles. The summed E-state index contributed by atoms with van der Waals surface area (Å²) in [5.74, 6) is 1.10. The summed E-state index contributed by atoms with van der Waals surface area (Å²) in [4.78, 5) is 16.3. The van der Waals surface area contributed by atoms with E-state index in [-0.39, 0.29) is 11.9 Å². The molecule has 0 radical (unpaired) electrons. The van der Waals surface area contributed by atoms with Gasteiger partial charge in [0.15, 0.2) is 5.82 Å². The van der Waals surface area contributed by atoms with Gasteiger partial charge in [-0.2, -0.15) is 5.10 Å². The molecule has 148 valence electrons. The van der Waals surface area contributed by atoms with E-state index >= 15 is 0 Å². The first-order valence-electron chi connectivity index (χ1n) is 10.1. The van der Waals surface area contributed by atoms with Crippen LogP contribution >= 0.6 is 11.6 Å². The molecule has 0 N–H and O–H groups in total. The largest absolute Gasteiger partial charge is 0.379 e. The van der Waals surface area contributed by atoms with Gasteiger partial charge in [-0.15, -0.1) is 0 Å². The van der Waals surface area contributed by atoms with Crippen molar-refractivity contribution >= 4 is 29.0 Å². The molecule has 6 nitrogen and oxygen atoms in total. The summed E-state index contributed by atoms with van der Waals surface area (Å²) in [7, 11) is 0. The van der Waals surface area contributed by atoms with Crippen molar-refractivity contribution in [3.8, 4) is 0 Å². The Morgan fingerprint density at radius 3 is 2.93 bits per heavy atom. The number of hydrogen-bond donors (Lipinski definition) is 0. The predicted molar refractivity (Wildman–Crippen MR) is 108 cm³/mol. The van der Waals surface area contributed by atoms with Crippen molar-refractivity contribution in [1.82, 2.24) is 14.7 Å². The van der Waals surface area contributed by atoms with Crippen molar-refractivity contribution < 1.29 is 9.53 Å². The molecule has 7 heteroatoms. The van der Waals surface area contributed by atoms with Gasteiger partial charge in [0.2, 0.25) is 5.91 Å². The highest BCUT2D eigenvalue weighted by Crippen LogP contribution is 2.40. The summed E-state index contributed by atoms with van der Waals surface area (Å²) in [5.41, 5.74) is 4.79. The van der Waals surface area contributed by atoms with E-state index < -0.39 is 0 Å². The molecule has 1 atom stereocenters. The van der Waals surface area contributed by atoms with Crippen LogP contribution in [0, 0.1) is 0 Å². The Morgan fingerprint density at radius 1 is 1.25 bits per heavy atom. The number of fused-ring (bicyclic) bond motifs is 2. The highest BCUT2D eigenvalue weighted by atomic mass is 35.5. The van der Waals surface area contributed by atoms with E-state index in [1.807, 2.05) is 17.0 Å². The number of benzene rings is 1. The van der Waals surface area contributed by atoms with Crippen LogP contribution in [0.5, 0.6) is 0 Å². The number of rotatable bonds is 2. The van der Waals surface area contributed by atoms with Crippen LogP contribution in [0.15, 0.2) is 18.2 Å². The molecule has 1 unspecified atom stereocenters. The van der Waals surface area contributed by atoms with Crippen LogP contribution in [0.2, 0.25) is 5.02 Å². The highest BCUT2D eigenvalue weighted by molar-refractivity contribution is 6.31. The fraction of sp³-hybridized carbons (Fsp3) is 0.524. The lowest BCUT2D eigenvalue weighted by Gasteiger charge is -2.32. The van der Waals surface area contributed by atoms with Gasteiger partial charge in [-0.1, -0.05) is 17.7 Å². The van der Waals surface area contributed by atoms with E-state index in [0.29, 0.717) is 13.2 Å². The molecular formula is C21H25ClN4O2. The Bertz CT molecular complexity index is 919. The minimum absolute atomic E-state index is 0.121. The first kappa shape index (κ1) is 18.0. The number of amides is 1. The predicted octanol–water partition coefficient (Wildman–Crippen LogP) is 3.49. The van der Waals surface area contributed by atoms with Gasteiger partial charge in [0, 0.05) is 55.0 Å². The van der Waals surface area contributed by atoms with E-state index in [1.165, 1.54) is 16.8 Å². The molecule has 0 saturated carbocycles. The number of anilines is 2. The van der Waals surface area contributed by atoms with E-state index in [4.69, 9.17) is 21.4 Å². The second-order valence-corrected chi connectivity index (χ2v) is 8.30. The van der Waals surface area contributed by atoms with E-state index in [9.17, 15) is 4.79 Å². The topological polar surface area (TPSA) is 50.6 Å². The van der Waals surface area contributed by atoms with Crippen molar-refractivity contribution in [2.45, 2.75) is 45.2 Å². The van der Waals surface area contributed by atoms with Crippen molar-refractivity contribution in [2.75, 3.05) is 31.2 Å². The fourth-order valence-electron chi connectivity index (χ4n) is 4.73. The summed E-state index contributed by atoms with van der Waals surface area (Å²) in [6.07, 6.45) is 3.87. The van der Waals surface area contributed by atoms with Crippen LogP contribution in [-0.4, -0.2) is 46.9 Å². The molecule has 4 heterocycles. The average molecular weight is 401 g/mol. The van der Waals surface area contributed by atoms with Crippen LogP contribution in [0.25, 0.3) is 0 Å². The van der Waals surface area contributed by atoms with Gasteiger partial charge in [-0.05, 0) is 37.0 Å². The molecule has 1 aromatic carbocycles. The van der Waals surface area contributed by atoms with Gasteiger partial charge in [0.25, 0.3) is 0 Å². The number of ether oxygens (including phenoxy) is 1. The van der Waals surface area contributed by atoms with Gasteiger partial charge in [0.05, 0.1) is 19.2 Å². The Morgan fingerprint density at radius 2 is 2.14 bits per heavy atom. The SMILES string of the molecule is CC(=O)N1CCc2c(c(N3CCCc4c(Cl)cccc43)nn2C2CCOC2)C1. The normalized spacial score (nSPS) is 21.6. The first-order valence-corrected chi connectivity index (χ1v) is 10.5. The maximum atomic E-state index is 12.0. The molecule has 3 aliphatic rings. The Hall–Kier alpha value is -2.05. The number of halogens is 1. The van der Waals surface area contributed by atoms with Crippen LogP contribution < -0.4 is 4.90 Å². The lowest BCUT2D eigenvalue weighted by molar-refractivity contribution is -0.129. The molecule has 1 fully saturated rings. The highest BCUT2D eigenvalue weighted by Gasteiger charge is 2.33. The molecule has 0 spiro atoms. The third-order valence-electron chi connectivity index (χ3n) is 6.21. The fourth-order valence-corrected chi connectivity index (χ4v) is 5.00. The quantitative estimate of drug-likeness (QED) is 0.774. The minimum Gasteiger partial charge on any atom is -0.379 e. The number of carbonyl (C=O) groups is 1. The van der Waals surface area contributed by atoms with Gasteiger partial charge in [-0.3, -0.25) is 9.48 Å². The van der Waals surface area contributed by atoms with E-state index in [2.05, 4.69) is 15.6 Å². The third-order valence-corrected chi connectivity index (χ3v) is 6.56. The Balaban J connectivity index is 1.62. The molecule has 0 bridgehead atoms. The summed E-state index contributed by atoms with van der Waals surface area (Å²) < 4.78 is 7.82. The molecule has 1 saturated heterocycles. The maximum Gasteiger partial charge on any atom is 0.219 e. The Labute approximate surface area is 170 Å². The van der Waals surface area contributed by atoms with Crippen molar-refractivity contribution in [2.24, 2.45) is 0 Å². The number of carbonyl (C=O) groups excluding carboxylic acids is 1. The molecule has 2 aromatic rings. The Kier molecular flexibility index (Phi) is 4.56. The maximum absolute atomic E-state index is 12.0. The molecule has 1 amide bonds. The van der Waals surface area contributed by atoms with Gasteiger partial charge >= 0.3 is 0 Å². The van der Waals surface area contributed by atoms with Gasteiger partial charge < -0.3 is 14.5 Å². The van der Waals surface area contributed by atoms with Crippen LogP contribution in [-0.2, 0) is 28.9 Å². The van der Waals surface area contributed by atoms with Crippen molar-refractivity contribution in [3.05, 3.63) is 40.0 Å². The summed E-state index contributed by atoms with van der Waals surface area (Å²) >= 11 is 6.49. The average Bonchev–Trinajstić information content (AvgIpc) is 3.35. The zero-order chi connectivity index (χ0) is 19.3. The van der Waals surface area contributed by atoms with Crippen LogP contribution in [0.1, 0.15) is 42.6 Å².